The number of carbonyl (C=O) groups is 2. The molecule has 3 nitrogen and oxygen atoms in total. The van der Waals surface area contributed by atoms with Crippen LogP contribution in [-0.4, -0.2) is 18.4 Å². The van der Waals surface area contributed by atoms with E-state index in [1.807, 2.05) is 20.8 Å². The molecule has 0 aromatic carbocycles. The van der Waals surface area contributed by atoms with Crippen LogP contribution in [0.5, 0.6) is 0 Å². The Hall–Kier alpha value is -1.12. The summed E-state index contributed by atoms with van der Waals surface area (Å²) in [5, 5.41) is 0. The maximum Gasteiger partial charge on any atom is 0.378 e. The van der Waals surface area contributed by atoms with Gasteiger partial charge < -0.3 is 4.74 Å². The second-order valence-corrected chi connectivity index (χ2v) is 3.78. The highest BCUT2D eigenvalue weighted by atomic mass is 16.5. The maximum atomic E-state index is 11.0. The first-order valence-electron chi connectivity index (χ1n) is 4.27. The van der Waals surface area contributed by atoms with Crippen molar-refractivity contribution in [1.29, 1.82) is 0 Å². The van der Waals surface area contributed by atoms with Gasteiger partial charge in [-0.05, 0) is 18.4 Å². The molecule has 0 aromatic rings. The largest absolute Gasteiger partial charge is 0.460 e. The van der Waals surface area contributed by atoms with Gasteiger partial charge in [-0.25, -0.2) is 4.79 Å². The fourth-order valence-electron chi connectivity index (χ4n) is 0.596. The lowest BCUT2D eigenvalue weighted by Crippen LogP contribution is -2.15. The van der Waals surface area contributed by atoms with E-state index in [4.69, 9.17) is 0 Å². The summed E-state index contributed by atoms with van der Waals surface area (Å²) in [6.45, 7) is 7.73. The summed E-state index contributed by atoms with van der Waals surface area (Å²) in [7, 11) is 0. The van der Waals surface area contributed by atoms with E-state index in [0.29, 0.717) is 0 Å². The van der Waals surface area contributed by atoms with Crippen molar-refractivity contribution < 1.29 is 14.3 Å². The molecular formula is C10H16O3. The Bertz CT molecular complexity index is 221. The molecule has 0 radical (unpaired) electrons. The van der Waals surface area contributed by atoms with Gasteiger partial charge in [0.1, 0.15) is 0 Å². The van der Waals surface area contributed by atoms with Gasteiger partial charge in [-0.1, -0.05) is 26.8 Å². The lowest BCUT2D eigenvalue weighted by Gasteiger charge is -2.10. The lowest BCUT2D eigenvalue weighted by molar-refractivity contribution is -0.151. The third-order valence-corrected chi connectivity index (χ3v) is 1.21. The zero-order valence-corrected chi connectivity index (χ0v) is 8.59. The standard InChI is InChI=1S/C10H16O3/c1-5-13-9(12)8(11)6-7-10(2,3)4/h6-7H,5H2,1-4H3/b7-6+. The van der Waals surface area contributed by atoms with Crippen LogP contribution in [0.3, 0.4) is 0 Å². The van der Waals surface area contributed by atoms with Gasteiger partial charge in [0.05, 0.1) is 6.61 Å². The van der Waals surface area contributed by atoms with E-state index < -0.39 is 11.8 Å². The summed E-state index contributed by atoms with van der Waals surface area (Å²) in [5.41, 5.74) is -0.0951. The molecule has 0 spiro atoms. The summed E-state index contributed by atoms with van der Waals surface area (Å²) in [4.78, 5) is 21.9. The van der Waals surface area contributed by atoms with Crippen LogP contribution in [0.2, 0.25) is 0 Å². The number of allylic oxidation sites excluding steroid dienone is 1. The predicted octanol–water partition coefficient (Wildman–Crippen LogP) is 1.72. The zero-order chi connectivity index (χ0) is 10.5. The highest BCUT2D eigenvalue weighted by Gasteiger charge is 2.12. The molecule has 0 heterocycles. The highest BCUT2D eigenvalue weighted by Crippen LogP contribution is 2.14. The van der Waals surface area contributed by atoms with Crippen molar-refractivity contribution in [2.75, 3.05) is 6.61 Å². The number of hydrogen-bond acceptors (Lipinski definition) is 3. The second-order valence-electron chi connectivity index (χ2n) is 3.78. The molecule has 3 heteroatoms. The molecule has 74 valence electrons. The molecule has 0 rings (SSSR count). The van der Waals surface area contributed by atoms with E-state index >= 15 is 0 Å². The molecule has 0 bridgehead atoms. The number of rotatable bonds is 3. The Kier molecular flexibility index (Phi) is 4.38. The summed E-state index contributed by atoms with van der Waals surface area (Å²) < 4.78 is 4.53. The number of carbonyl (C=O) groups excluding carboxylic acids is 2. The van der Waals surface area contributed by atoms with Crippen molar-refractivity contribution in [1.82, 2.24) is 0 Å². The van der Waals surface area contributed by atoms with Gasteiger partial charge in [0.2, 0.25) is 0 Å². The van der Waals surface area contributed by atoms with Crippen LogP contribution < -0.4 is 0 Å². The predicted molar refractivity (Wildman–Crippen MR) is 50.2 cm³/mol. The summed E-state index contributed by atoms with van der Waals surface area (Å²) in [6, 6.07) is 0. The van der Waals surface area contributed by atoms with Gasteiger partial charge in [0, 0.05) is 0 Å². The quantitative estimate of drug-likeness (QED) is 0.381. The highest BCUT2D eigenvalue weighted by molar-refractivity contribution is 6.38. The van der Waals surface area contributed by atoms with Gasteiger partial charge in [-0.2, -0.15) is 0 Å². The van der Waals surface area contributed by atoms with Crippen LogP contribution in [0, 0.1) is 5.41 Å². The smallest absolute Gasteiger partial charge is 0.378 e. The molecule has 0 saturated heterocycles. The summed E-state index contributed by atoms with van der Waals surface area (Å²) >= 11 is 0. The fourth-order valence-corrected chi connectivity index (χ4v) is 0.596. The van der Waals surface area contributed by atoms with Crippen LogP contribution in [-0.2, 0) is 14.3 Å². The molecule has 0 amide bonds. The third-order valence-electron chi connectivity index (χ3n) is 1.21. The maximum absolute atomic E-state index is 11.0. The first-order chi connectivity index (χ1) is 5.87. The molecule has 0 unspecified atom stereocenters. The van der Waals surface area contributed by atoms with E-state index in [1.165, 1.54) is 6.08 Å². The summed E-state index contributed by atoms with van der Waals surface area (Å²) in [5.74, 6) is -1.39. The van der Waals surface area contributed by atoms with Gasteiger partial charge in [0.25, 0.3) is 5.78 Å². The average molecular weight is 184 g/mol. The molecule has 0 fully saturated rings. The van der Waals surface area contributed by atoms with Gasteiger partial charge in [-0.3, -0.25) is 4.79 Å². The Balaban J connectivity index is 4.16. The molecule has 0 aliphatic rings. The van der Waals surface area contributed by atoms with Gasteiger partial charge in [0.15, 0.2) is 0 Å². The van der Waals surface area contributed by atoms with E-state index in [0.717, 1.165) is 0 Å². The van der Waals surface area contributed by atoms with Gasteiger partial charge in [-0.15, -0.1) is 0 Å². The normalized spacial score (nSPS) is 11.7. The SMILES string of the molecule is CCOC(=O)C(=O)/C=C/C(C)(C)C. The first kappa shape index (κ1) is 11.9. The number of ether oxygens (including phenoxy) is 1. The first-order valence-corrected chi connectivity index (χ1v) is 4.27. The van der Waals surface area contributed by atoms with Gasteiger partial charge >= 0.3 is 5.97 Å². The molecule has 0 atom stereocenters. The minimum Gasteiger partial charge on any atom is -0.460 e. The number of ketones is 1. The van der Waals surface area contributed by atoms with E-state index in [-0.39, 0.29) is 12.0 Å². The minimum absolute atomic E-state index is 0.0951. The Morgan fingerprint density at radius 2 is 1.85 bits per heavy atom. The van der Waals surface area contributed by atoms with E-state index in [1.54, 1.807) is 13.0 Å². The molecular weight excluding hydrogens is 168 g/mol. The monoisotopic (exact) mass is 184 g/mol. The van der Waals surface area contributed by atoms with E-state index in [9.17, 15) is 9.59 Å². The number of hydrogen-bond donors (Lipinski definition) is 0. The molecule has 0 aromatic heterocycles. The van der Waals surface area contributed by atoms with Crippen molar-refractivity contribution in [2.45, 2.75) is 27.7 Å². The Morgan fingerprint density at radius 1 is 1.31 bits per heavy atom. The minimum atomic E-state index is -0.789. The van der Waals surface area contributed by atoms with Crippen molar-refractivity contribution in [3.8, 4) is 0 Å². The van der Waals surface area contributed by atoms with Crippen LogP contribution in [0.25, 0.3) is 0 Å². The molecule has 13 heavy (non-hydrogen) atoms. The number of esters is 1. The van der Waals surface area contributed by atoms with E-state index in [2.05, 4.69) is 4.74 Å². The van der Waals surface area contributed by atoms with Crippen molar-refractivity contribution in [2.24, 2.45) is 5.41 Å². The topological polar surface area (TPSA) is 43.4 Å². The zero-order valence-electron chi connectivity index (χ0n) is 8.59. The lowest BCUT2D eigenvalue weighted by atomic mass is 9.96. The molecule has 0 saturated carbocycles. The van der Waals surface area contributed by atoms with Crippen molar-refractivity contribution in [3.05, 3.63) is 12.2 Å². The van der Waals surface area contributed by atoms with Crippen LogP contribution in [0.1, 0.15) is 27.7 Å². The molecule has 0 aliphatic carbocycles. The van der Waals surface area contributed by atoms with Crippen LogP contribution in [0.15, 0.2) is 12.2 Å². The Morgan fingerprint density at radius 3 is 2.23 bits per heavy atom. The fraction of sp³-hybridized carbons (Fsp3) is 0.600. The average Bonchev–Trinajstić information content (AvgIpc) is 1.99. The van der Waals surface area contributed by atoms with Crippen LogP contribution in [0.4, 0.5) is 0 Å². The Labute approximate surface area is 78.8 Å². The van der Waals surface area contributed by atoms with Crippen molar-refractivity contribution in [3.63, 3.8) is 0 Å². The molecule has 0 N–H and O–H groups in total. The summed E-state index contributed by atoms with van der Waals surface area (Å²) in [6.07, 6.45) is 2.95. The second kappa shape index (κ2) is 4.80. The third kappa shape index (κ3) is 6.08. The van der Waals surface area contributed by atoms with Crippen LogP contribution >= 0.6 is 0 Å². The molecule has 0 aliphatic heterocycles. The van der Waals surface area contributed by atoms with Crippen molar-refractivity contribution >= 4 is 11.8 Å².